The molecule has 1 aliphatic rings. The molecule has 0 aromatic rings. The number of esters is 1. The van der Waals surface area contributed by atoms with Gasteiger partial charge in [-0.2, -0.15) is 0 Å². The third kappa shape index (κ3) is 6.56. The van der Waals surface area contributed by atoms with E-state index < -0.39 is 47.6 Å². The number of ketones is 1. The third-order valence-electron chi connectivity index (χ3n) is 3.02. The summed E-state index contributed by atoms with van der Waals surface area (Å²) in [6, 6.07) is -0.868. The van der Waals surface area contributed by atoms with Crippen LogP contribution in [0.5, 0.6) is 0 Å². The highest BCUT2D eigenvalue weighted by atomic mass is 16.6. The molecule has 1 heterocycles. The lowest BCUT2D eigenvalue weighted by atomic mass is 10.1. The molecule has 7 nitrogen and oxygen atoms in total. The number of aliphatic hydroxyl groups excluding tert-OH is 1. The Bertz CT molecular complexity index is 474. The van der Waals surface area contributed by atoms with Gasteiger partial charge in [0.15, 0.2) is 5.78 Å². The minimum absolute atomic E-state index is 0.0135. The first kappa shape index (κ1) is 19.4. The first-order valence-corrected chi connectivity index (χ1v) is 7.71. The van der Waals surface area contributed by atoms with E-state index in [1.54, 1.807) is 41.5 Å². The zero-order chi connectivity index (χ0) is 18.0. The SMILES string of the molecule is CC(C)(C)OC(=O)CC(=O)[C@@H]1C[C@@H](O)CN1C(=O)OC(C)(C)C. The van der Waals surface area contributed by atoms with E-state index in [1.165, 1.54) is 4.90 Å². The Morgan fingerprint density at radius 1 is 1.04 bits per heavy atom. The molecule has 23 heavy (non-hydrogen) atoms. The number of hydrogen-bond acceptors (Lipinski definition) is 6. The second-order valence-electron chi connectivity index (χ2n) is 7.77. The standard InChI is InChI=1S/C16H27NO6/c1-15(2,3)22-13(20)8-12(19)11-7-10(18)9-17(11)14(21)23-16(4,5)6/h10-11,18H,7-9H2,1-6H3/t10-,11+/m1/s1. The van der Waals surface area contributed by atoms with Gasteiger partial charge in [0.25, 0.3) is 0 Å². The highest BCUT2D eigenvalue weighted by molar-refractivity contribution is 6.00. The molecule has 7 heteroatoms. The first-order valence-electron chi connectivity index (χ1n) is 7.71. The molecule has 132 valence electrons. The van der Waals surface area contributed by atoms with Gasteiger partial charge in [-0.3, -0.25) is 14.5 Å². The molecule has 0 saturated carbocycles. The summed E-state index contributed by atoms with van der Waals surface area (Å²) in [6.45, 7) is 10.3. The molecule has 1 rings (SSSR count). The lowest BCUT2D eigenvalue weighted by molar-refractivity contribution is -0.156. The van der Waals surface area contributed by atoms with E-state index in [4.69, 9.17) is 9.47 Å². The lowest BCUT2D eigenvalue weighted by Crippen LogP contribution is -2.44. The molecule has 0 spiro atoms. The molecular weight excluding hydrogens is 302 g/mol. The third-order valence-corrected chi connectivity index (χ3v) is 3.02. The molecule has 1 fully saturated rings. The van der Waals surface area contributed by atoms with Gasteiger partial charge in [-0.15, -0.1) is 0 Å². The molecule has 0 unspecified atom stereocenters. The molecule has 1 N–H and O–H groups in total. The molecule has 1 amide bonds. The van der Waals surface area contributed by atoms with E-state index in [1.807, 2.05) is 0 Å². The van der Waals surface area contributed by atoms with Gasteiger partial charge >= 0.3 is 12.1 Å². The second kappa shape index (κ2) is 6.86. The van der Waals surface area contributed by atoms with Gasteiger partial charge in [-0.1, -0.05) is 0 Å². The number of aliphatic hydroxyl groups is 1. The second-order valence-corrected chi connectivity index (χ2v) is 7.77. The number of hydrogen-bond donors (Lipinski definition) is 1. The largest absolute Gasteiger partial charge is 0.460 e. The average molecular weight is 329 g/mol. The first-order chi connectivity index (χ1) is 10.3. The summed E-state index contributed by atoms with van der Waals surface area (Å²) in [5, 5.41) is 9.77. The van der Waals surface area contributed by atoms with Crippen molar-refractivity contribution in [3.8, 4) is 0 Å². The molecular formula is C16H27NO6. The Labute approximate surface area is 136 Å². The van der Waals surface area contributed by atoms with E-state index in [-0.39, 0.29) is 13.0 Å². The number of nitrogens with zero attached hydrogens (tertiary/aromatic N) is 1. The maximum atomic E-state index is 12.3. The maximum Gasteiger partial charge on any atom is 0.410 e. The van der Waals surface area contributed by atoms with E-state index in [0.717, 1.165) is 0 Å². The Morgan fingerprint density at radius 3 is 2.04 bits per heavy atom. The molecule has 0 bridgehead atoms. The van der Waals surface area contributed by atoms with Crippen LogP contribution in [-0.4, -0.2) is 57.7 Å². The number of amides is 1. The van der Waals surface area contributed by atoms with Crippen molar-refractivity contribution in [3.63, 3.8) is 0 Å². The van der Waals surface area contributed by atoms with Gasteiger partial charge in [0.1, 0.15) is 17.6 Å². The number of carbonyl (C=O) groups is 3. The summed E-state index contributed by atoms with van der Waals surface area (Å²) in [7, 11) is 0. The van der Waals surface area contributed by atoms with Crippen molar-refractivity contribution in [2.24, 2.45) is 0 Å². The summed E-state index contributed by atoms with van der Waals surface area (Å²) < 4.78 is 10.4. The van der Waals surface area contributed by atoms with E-state index in [9.17, 15) is 19.5 Å². The number of carbonyl (C=O) groups excluding carboxylic acids is 3. The number of β-amino-alcohol motifs (C(OH)–C–C–N with tert-alkyl or cyclic N) is 1. The van der Waals surface area contributed by atoms with Crippen LogP contribution >= 0.6 is 0 Å². The van der Waals surface area contributed by atoms with Crippen LogP contribution in [0.25, 0.3) is 0 Å². The fraction of sp³-hybridized carbons (Fsp3) is 0.812. The van der Waals surface area contributed by atoms with E-state index in [2.05, 4.69) is 0 Å². The molecule has 0 aliphatic carbocycles. The summed E-state index contributed by atoms with van der Waals surface area (Å²) in [5.41, 5.74) is -1.39. The van der Waals surface area contributed by atoms with Crippen LogP contribution in [0.1, 0.15) is 54.4 Å². The number of ether oxygens (including phenoxy) is 2. The summed E-state index contributed by atoms with van der Waals surface area (Å²) in [4.78, 5) is 37.4. The van der Waals surface area contributed by atoms with Gasteiger partial charge in [0.05, 0.1) is 18.7 Å². The summed E-state index contributed by atoms with van der Waals surface area (Å²) in [6.07, 6.45) is -1.82. The predicted octanol–water partition coefficient (Wildman–Crippen LogP) is 1.66. The van der Waals surface area contributed by atoms with Crippen molar-refractivity contribution in [1.29, 1.82) is 0 Å². The Balaban J connectivity index is 2.73. The van der Waals surface area contributed by atoms with Gasteiger partial charge in [-0.05, 0) is 41.5 Å². The molecule has 0 aromatic heterocycles. The van der Waals surface area contributed by atoms with Crippen LogP contribution in [0, 0.1) is 0 Å². The predicted molar refractivity (Wildman–Crippen MR) is 82.8 cm³/mol. The normalized spacial score (nSPS) is 22.0. The van der Waals surface area contributed by atoms with Crippen LogP contribution in [0.3, 0.4) is 0 Å². The van der Waals surface area contributed by atoms with Crippen molar-refractivity contribution in [1.82, 2.24) is 4.90 Å². The topological polar surface area (TPSA) is 93.1 Å². The van der Waals surface area contributed by atoms with Crippen molar-refractivity contribution in [2.45, 2.75) is 77.7 Å². The monoisotopic (exact) mass is 329 g/mol. The van der Waals surface area contributed by atoms with Crippen LogP contribution in [0.4, 0.5) is 4.79 Å². The Morgan fingerprint density at radius 2 is 1.57 bits per heavy atom. The van der Waals surface area contributed by atoms with E-state index in [0.29, 0.717) is 0 Å². The van der Waals surface area contributed by atoms with Crippen LogP contribution in [0.15, 0.2) is 0 Å². The van der Waals surface area contributed by atoms with Gasteiger partial charge in [0, 0.05) is 6.42 Å². The number of Topliss-reactive ketones (excluding diaryl/α,β-unsaturated/α-hetero) is 1. The minimum Gasteiger partial charge on any atom is -0.460 e. The zero-order valence-corrected chi connectivity index (χ0v) is 14.7. The molecule has 0 aromatic carbocycles. The van der Waals surface area contributed by atoms with Crippen molar-refractivity contribution in [2.75, 3.05) is 6.54 Å². The maximum absolute atomic E-state index is 12.3. The average Bonchev–Trinajstić information content (AvgIpc) is 2.66. The summed E-state index contributed by atoms with van der Waals surface area (Å²) in [5.74, 6) is -1.10. The Kier molecular flexibility index (Phi) is 5.79. The molecule has 0 radical (unpaired) electrons. The van der Waals surface area contributed by atoms with Crippen LogP contribution in [-0.2, 0) is 19.1 Å². The van der Waals surface area contributed by atoms with Gasteiger partial charge in [0.2, 0.25) is 0 Å². The number of likely N-dealkylation sites (tertiary alicyclic amines) is 1. The van der Waals surface area contributed by atoms with Crippen LogP contribution < -0.4 is 0 Å². The fourth-order valence-electron chi connectivity index (χ4n) is 2.28. The lowest BCUT2D eigenvalue weighted by Gasteiger charge is -2.28. The van der Waals surface area contributed by atoms with Gasteiger partial charge < -0.3 is 14.6 Å². The van der Waals surface area contributed by atoms with Crippen molar-refractivity contribution >= 4 is 17.8 Å². The Hall–Kier alpha value is -1.63. The quantitative estimate of drug-likeness (QED) is 0.625. The molecule has 2 atom stereocenters. The summed E-state index contributed by atoms with van der Waals surface area (Å²) >= 11 is 0. The molecule has 1 aliphatic heterocycles. The zero-order valence-electron chi connectivity index (χ0n) is 14.7. The highest BCUT2D eigenvalue weighted by Gasteiger charge is 2.41. The fourth-order valence-corrected chi connectivity index (χ4v) is 2.28. The van der Waals surface area contributed by atoms with E-state index >= 15 is 0 Å². The smallest absolute Gasteiger partial charge is 0.410 e. The van der Waals surface area contributed by atoms with Gasteiger partial charge in [-0.25, -0.2) is 4.79 Å². The van der Waals surface area contributed by atoms with Crippen molar-refractivity contribution < 1.29 is 29.0 Å². The molecule has 1 saturated heterocycles. The highest BCUT2D eigenvalue weighted by Crippen LogP contribution is 2.23. The van der Waals surface area contributed by atoms with Crippen LogP contribution in [0.2, 0.25) is 0 Å². The van der Waals surface area contributed by atoms with Crippen molar-refractivity contribution in [3.05, 3.63) is 0 Å². The number of rotatable bonds is 3. The minimum atomic E-state index is -0.868.